The molecule has 0 aliphatic carbocycles. The molecule has 1 unspecified atom stereocenters. The third-order valence-corrected chi connectivity index (χ3v) is 2.33. The molecule has 0 radical (unpaired) electrons. The fourth-order valence-electron chi connectivity index (χ4n) is 1.46. The van der Waals surface area contributed by atoms with E-state index < -0.39 is 12.1 Å². The van der Waals surface area contributed by atoms with Crippen molar-refractivity contribution in [1.82, 2.24) is 0 Å². The Morgan fingerprint density at radius 2 is 2.00 bits per heavy atom. The van der Waals surface area contributed by atoms with Crippen molar-refractivity contribution in [2.45, 2.75) is 20.0 Å². The molecule has 0 aromatic heterocycles. The quantitative estimate of drug-likeness (QED) is 0.823. The van der Waals surface area contributed by atoms with Crippen LogP contribution in [0.1, 0.15) is 19.4 Å². The zero-order valence-corrected chi connectivity index (χ0v) is 10.2. The van der Waals surface area contributed by atoms with Gasteiger partial charge in [-0.1, -0.05) is 56.3 Å². The van der Waals surface area contributed by atoms with Crippen LogP contribution in [0.5, 0.6) is 0 Å². The lowest BCUT2D eigenvalue weighted by molar-refractivity contribution is -0.152. The molecule has 3 heteroatoms. The molecule has 0 bridgehead atoms. The number of aliphatic carboxylic acids is 1. The highest BCUT2D eigenvalue weighted by molar-refractivity contribution is 5.72. The minimum absolute atomic E-state index is 0.0300. The minimum atomic E-state index is -0.909. The van der Waals surface area contributed by atoms with Crippen LogP contribution in [0.15, 0.2) is 36.4 Å². The van der Waals surface area contributed by atoms with Gasteiger partial charge in [0.15, 0.2) is 6.10 Å². The highest BCUT2D eigenvalue weighted by atomic mass is 16.5. The molecular weight excluding hydrogens is 216 g/mol. The Bertz CT molecular complexity index is 368. The van der Waals surface area contributed by atoms with Crippen molar-refractivity contribution >= 4 is 12.0 Å². The predicted molar refractivity (Wildman–Crippen MR) is 67.7 cm³/mol. The molecule has 1 atom stereocenters. The molecule has 0 amide bonds. The van der Waals surface area contributed by atoms with Crippen molar-refractivity contribution in [3.63, 3.8) is 0 Å². The third-order valence-electron chi connectivity index (χ3n) is 2.33. The van der Waals surface area contributed by atoms with Gasteiger partial charge in [-0.15, -0.1) is 0 Å². The number of benzene rings is 1. The second-order valence-corrected chi connectivity index (χ2v) is 4.15. The van der Waals surface area contributed by atoms with E-state index in [1.807, 2.05) is 56.3 Å². The first-order valence-corrected chi connectivity index (χ1v) is 5.67. The van der Waals surface area contributed by atoms with Gasteiger partial charge >= 0.3 is 5.97 Å². The average molecular weight is 234 g/mol. The topological polar surface area (TPSA) is 46.5 Å². The monoisotopic (exact) mass is 234 g/mol. The van der Waals surface area contributed by atoms with Crippen LogP contribution < -0.4 is 0 Å². The van der Waals surface area contributed by atoms with Gasteiger partial charge in [-0.05, 0) is 11.5 Å². The minimum Gasteiger partial charge on any atom is -0.479 e. The van der Waals surface area contributed by atoms with Crippen molar-refractivity contribution < 1.29 is 14.6 Å². The molecule has 1 aromatic carbocycles. The summed E-state index contributed by atoms with van der Waals surface area (Å²) >= 11 is 0. The van der Waals surface area contributed by atoms with Crippen molar-refractivity contribution in [1.29, 1.82) is 0 Å². The Hall–Kier alpha value is -1.61. The van der Waals surface area contributed by atoms with E-state index in [-0.39, 0.29) is 5.92 Å². The first-order valence-electron chi connectivity index (χ1n) is 5.67. The summed E-state index contributed by atoms with van der Waals surface area (Å²) in [6.07, 6.45) is 3.00. The van der Waals surface area contributed by atoms with Crippen LogP contribution >= 0.6 is 0 Å². The van der Waals surface area contributed by atoms with E-state index in [9.17, 15) is 4.79 Å². The van der Waals surface area contributed by atoms with E-state index in [4.69, 9.17) is 9.84 Å². The van der Waals surface area contributed by atoms with Gasteiger partial charge in [0, 0.05) is 0 Å². The van der Waals surface area contributed by atoms with Gasteiger partial charge in [-0.3, -0.25) is 0 Å². The summed E-state index contributed by atoms with van der Waals surface area (Å²) in [4.78, 5) is 10.9. The zero-order valence-electron chi connectivity index (χ0n) is 10.2. The number of ether oxygens (including phenoxy) is 1. The SMILES string of the molecule is CC(C)C(OC/C=C/c1ccccc1)C(=O)O. The van der Waals surface area contributed by atoms with Crippen molar-refractivity contribution in [3.05, 3.63) is 42.0 Å². The van der Waals surface area contributed by atoms with Crippen LogP contribution in [0.2, 0.25) is 0 Å². The van der Waals surface area contributed by atoms with Crippen LogP contribution in [-0.2, 0) is 9.53 Å². The van der Waals surface area contributed by atoms with Crippen molar-refractivity contribution in [3.8, 4) is 0 Å². The van der Waals surface area contributed by atoms with Crippen molar-refractivity contribution in [2.24, 2.45) is 5.92 Å². The summed E-state index contributed by atoms with van der Waals surface area (Å²) in [6.45, 7) is 3.98. The molecule has 92 valence electrons. The normalized spacial score (nSPS) is 13.1. The number of hydrogen-bond acceptors (Lipinski definition) is 2. The van der Waals surface area contributed by atoms with Crippen LogP contribution in [-0.4, -0.2) is 23.8 Å². The smallest absolute Gasteiger partial charge is 0.333 e. The predicted octanol–water partition coefficient (Wildman–Crippen LogP) is 2.83. The number of carbonyl (C=O) groups is 1. The molecule has 0 spiro atoms. The summed E-state index contributed by atoms with van der Waals surface area (Å²) in [5.74, 6) is -0.939. The standard InChI is InChI=1S/C14H18O3/c1-11(2)13(14(15)16)17-10-6-9-12-7-4-3-5-8-12/h3-9,11,13H,10H2,1-2H3,(H,15,16)/b9-6+. The van der Waals surface area contributed by atoms with Gasteiger partial charge in [-0.2, -0.15) is 0 Å². The van der Waals surface area contributed by atoms with Gasteiger partial charge in [0.05, 0.1) is 6.61 Å². The molecule has 0 saturated heterocycles. The van der Waals surface area contributed by atoms with Gasteiger partial charge < -0.3 is 9.84 Å². The highest BCUT2D eigenvalue weighted by Crippen LogP contribution is 2.07. The van der Waals surface area contributed by atoms with E-state index in [1.54, 1.807) is 0 Å². The maximum atomic E-state index is 10.9. The van der Waals surface area contributed by atoms with Crippen LogP contribution in [0.25, 0.3) is 6.08 Å². The molecule has 3 nitrogen and oxygen atoms in total. The van der Waals surface area contributed by atoms with Gasteiger partial charge in [0.1, 0.15) is 0 Å². The van der Waals surface area contributed by atoms with E-state index in [0.29, 0.717) is 6.61 Å². The van der Waals surface area contributed by atoms with Gasteiger partial charge in [0.25, 0.3) is 0 Å². The Morgan fingerprint density at radius 1 is 1.35 bits per heavy atom. The maximum Gasteiger partial charge on any atom is 0.333 e. The van der Waals surface area contributed by atoms with E-state index in [0.717, 1.165) is 5.56 Å². The number of hydrogen-bond donors (Lipinski definition) is 1. The molecule has 0 saturated carbocycles. The fourth-order valence-corrected chi connectivity index (χ4v) is 1.46. The number of carboxylic acids is 1. The number of carboxylic acid groups (broad SMARTS) is 1. The summed E-state index contributed by atoms with van der Waals surface area (Å²) in [5, 5.41) is 8.91. The first-order chi connectivity index (χ1) is 8.11. The molecule has 0 aliphatic rings. The van der Waals surface area contributed by atoms with Crippen molar-refractivity contribution in [2.75, 3.05) is 6.61 Å². The van der Waals surface area contributed by atoms with Crippen LogP contribution in [0.4, 0.5) is 0 Å². The summed E-state index contributed by atoms with van der Waals surface area (Å²) < 4.78 is 5.30. The molecule has 1 N–H and O–H groups in total. The second kappa shape index (κ2) is 6.86. The Morgan fingerprint density at radius 3 is 2.53 bits per heavy atom. The van der Waals surface area contributed by atoms with Gasteiger partial charge in [0.2, 0.25) is 0 Å². The molecule has 17 heavy (non-hydrogen) atoms. The molecule has 1 aromatic rings. The largest absolute Gasteiger partial charge is 0.479 e. The Kier molecular flexibility index (Phi) is 5.43. The number of rotatable bonds is 6. The summed E-state index contributed by atoms with van der Waals surface area (Å²) in [7, 11) is 0. The van der Waals surface area contributed by atoms with E-state index >= 15 is 0 Å². The van der Waals surface area contributed by atoms with Crippen LogP contribution in [0, 0.1) is 5.92 Å². The second-order valence-electron chi connectivity index (χ2n) is 4.15. The molecule has 1 rings (SSSR count). The Balaban J connectivity index is 2.41. The highest BCUT2D eigenvalue weighted by Gasteiger charge is 2.21. The molecule has 0 aliphatic heterocycles. The van der Waals surface area contributed by atoms with Gasteiger partial charge in [-0.25, -0.2) is 4.79 Å². The molecule has 0 heterocycles. The lowest BCUT2D eigenvalue weighted by Crippen LogP contribution is -2.29. The zero-order chi connectivity index (χ0) is 12.7. The molecule has 0 fully saturated rings. The first kappa shape index (κ1) is 13.5. The van der Waals surface area contributed by atoms with E-state index in [1.165, 1.54) is 0 Å². The Labute approximate surface area is 102 Å². The van der Waals surface area contributed by atoms with E-state index in [2.05, 4.69) is 0 Å². The lowest BCUT2D eigenvalue weighted by atomic mass is 10.1. The summed E-state index contributed by atoms with van der Waals surface area (Å²) in [5.41, 5.74) is 1.08. The molecular formula is C14H18O3. The third kappa shape index (κ3) is 4.83. The maximum absolute atomic E-state index is 10.9. The lowest BCUT2D eigenvalue weighted by Gasteiger charge is -2.15. The fraction of sp³-hybridized carbons (Fsp3) is 0.357. The van der Waals surface area contributed by atoms with Crippen LogP contribution in [0.3, 0.4) is 0 Å². The average Bonchev–Trinajstić information content (AvgIpc) is 2.29. The summed E-state index contributed by atoms with van der Waals surface area (Å²) in [6, 6.07) is 9.82.